The van der Waals surface area contributed by atoms with E-state index in [1.165, 1.54) is 21.4 Å². The van der Waals surface area contributed by atoms with Crippen LogP contribution in [0.2, 0.25) is 0 Å². The van der Waals surface area contributed by atoms with E-state index in [9.17, 15) is 9.59 Å². The van der Waals surface area contributed by atoms with Crippen molar-refractivity contribution in [2.75, 3.05) is 5.73 Å². The first kappa shape index (κ1) is 12.6. The number of hydrogen-bond acceptors (Lipinski definition) is 3. The molecule has 2 aromatic rings. The van der Waals surface area contributed by atoms with Crippen molar-refractivity contribution in [3.8, 4) is 0 Å². The molecule has 0 aliphatic carbocycles. The molecule has 1 aromatic heterocycles. The number of nitrogen functional groups attached to an aromatic ring is 1. The van der Waals surface area contributed by atoms with E-state index in [2.05, 4.69) is 15.9 Å². The van der Waals surface area contributed by atoms with Crippen LogP contribution in [0, 0.1) is 0 Å². The van der Waals surface area contributed by atoms with E-state index in [-0.39, 0.29) is 17.8 Å². The summed E-state index contributed by atoms with van der Waals surface area (Å²) < 4.78 is 3.33. The Balaban J connectivity index is 2.46. The third-order valence-electron chi connectivity index (χ3n) is 2.64. The average molecular weight is 310 g/mol. The largest absolute Gasteiger partial charge is 0.398 e. The zero-order valence-electron chi connectivity index (χ0n) is 9.76. The Morgan fingerprint density at radius 1 is 1.28 bits per heavy atom. The highest BCUT2D eigenvalue weighted by molar-refractivity contribution is 9.10. The highest BCUT2D eigenvalue weighted by atomic mass is 79.9. The second-order valence-electron chi connectivity index (χ2n) is 3.99. The standard InChI is InChI=1S/C12H12BrN3O2/c1-15-5-4-11(17)16(12(15)18)7-8-2-3-9(13)10(14)6-8/h2-6H,7,14H2,1H3. The van der Waals surface area contributed by atoms with Crippen LogP contribution in [0.1, 0.15) is 5.56 Å². The van der Waals surface area contributed by atoms with E-state index in [4.69, 9.17) is 5.73 Å². The summed E-state index contributed by atoms with van der Waals surface area (Å²) in [6, 6.07) is 6.72. The van der Waals surface area contributed by atoms with Crippen LogP contribution in [-0.2, 0) is 13.6 Å². The number of rotatable bonds is 2. The third-order valence-corrected chi connectivity index (χ3v) is 3.36. The molecular weight excluding hydrogens is 298 g/mol. The molecule has 0 unspecified atom stereocenters. The van der Waals surface area contributed by atoms with Gasteiger partial charge in [-0.05, 0) is 33.6 Å². The number of hydrogen-bond donors (Lipinski definition) is 1. The van der Waals surface area contributed by atoms with E-state index in [0.29, 0.717) is 5.69 Å². The van der Waals surface area contributed by atoms with Crippen LogP contribution in [0.4, 0.5) is 5.69 Å². The van der Waals surface area contributed by atoms with E-state index >= 15 is 0 Å². The highest BCUT2D eigenvalue weighted by Crippen LogP contribution is 2.20. The van der Waals surface area contributed by atoms with Gasteiger partial charge in [0.25, 0.3) is 5.56 Å². The summed E-state index contributed by atoms with van der Waals surface area (Å²) >= 11 is 3.30. The fraction of sp³-hybridized carbons (Fsp3) is 0.167. The SMILES string of the molecule is Cn1ccc(=O)n(Cc2ccc(Br)c(N)c2)c1=O. The lowest BCUT2D eigenvalue weighted by atomic mass is 10.2. The number of nitrogens with zero attached hydrogens (tertiary/aromatic N) is 2. The van der Waals surface area contributed by atoms with Crippen LogP contribution in [0.25, 0.3) is 0 Å². The molecule has 0 aliphatic rings. The molecule has 0 bridgehead atoms. The molecule has 2 rings (SSSR count). The molecule has 0 radical (unpaired) electrons. The minimum absolute atomic E-state index is 0.212. The third kappa shape index (κ3) is 2.38. The summed E-state index contributed by atoms with van der Waals surface area (Å²) in [5, 5.41) is 0. The molecule has 6 heteroatoms. The second kappa shape index (κ2) is 4.81. The molecule has 0 saturated carbocycles. The van der Waals surface area contributed by atoms with Crippen molar-refractivity contribution < 1.29 is 0 Å². The maximum absolute atomic E-state index is 11.8. The van der Waals surface area contributed by atoms with Gasteiger partial charge in [-0.3, -0.25) is 9.36 Å². The molecule has 0 aliphatic heterocycles. The normalized spacial score (nSPS) is 10.6. The van der Waals surface area contributed by atoms with Crippen molar-refractivity contribution in [1.82, 2.24) is 9.13 Å². The second-order valence-corrected chi connectivity index (χ2v) is 4.84. The maximum Gasteiger partial charge on any atom is 0.331 e. The Kier molecular flexibility index (Phi) is 3.38. The number of benzene rings is 1. The first-order valence-electron chi connectivity index (χ1n) is 5.29. The van der Waals surface area contributed by atoms with Crippen molar-refractivity contribution in [3.05, 3.63) is 61.3 Å². The van der Waals surface area contributed by atoms with Gasteiger partial charge in [-0.2, -0.15) is 0 Å². The summed E-state index contributed by atoms with van der Waals surface area (Å²) in [6.07, 6.45) is 1.46. The van der Waals surface area contributed by atoms with E-state index in [1.54, 1.807) is 19.2 Å². The monoisotopic (exact) mass is 309 g/mol. The highest BCUT2D eigenvalue weighted by Gasteiger charge is 2.05. The van der Waals surface area contributed by atoms with Gasteiger partial charge in [-0.25, -0.2) is 4.79 Å². The summed E-state index contributed by atoms with van der Waals surface area (Å²) in [7, 11) is 1.61. The van der Waals surface area contributed by atoms with Gasteiger partial charge in [0.15, 0.2) is 0 Å². The molecule has 0 spiro atoms. The Labute approximate surface area is 112 Å². The predicted molar refractivity (Wildman–Crippen MR) is 73.6 cm³/mol. The van der Waals surface area contributed by atoms with Gasteiger partial charge in [0.05, 0.1) is 6.54 Å². The Morgan fingerprint density at radius 2 is 2.00 bits per heavy atom. The van der Waals surface area contributed by atoms with Gasteiger partial charge >= 0.3 is 5.69 Å². The number of nitrogens with two attached hydrogens (primary N) is 1. The molecular formula is C12H12BrN3O2. The molecule has 5 nitrogen and oxygen atoms in total. The summed E-state index contributed by atoms with van der Waals surface area (Å²) in [5.74, 6) is 0. The molecule has 1 aromatic carbocycles. The lowest BCUT2D eigenvalue weighted by molar-refractivity contribution is 0.639. The van der Waals surface area contributed by atoms with Gasteiger partial charge in [0.2, 0.25) is 0 Å². The molecule has 0 amide bonds. The lowest BCUT2D eigenvalue weighted by Gasteiger charge is -2.07. The van der Waals surface area contributed by atoms with Crippen LogP contribution < -0.4 is 17.0 Å². The molecule has 0 atom stereocenters. The van der Waals surface area contributed by atoms with Crippen molar-refractivity contribution in [2.45, 2.75) is 6.54 Å². The van der Waals surface area contributed by atoms with Crippen molar-refractivity contribution in [3.63, 3.8) is 0 Å². The number of aromatic nitrogens is 2. The number of anilines is 1. The summed E-state index contributed by atoms with van der Waals surface area (Å²) in [5.41, 5.74) is 6.48. The van der Waals surface area contributed by atoms with Crippen molar-refractivity contribution in [2.24, 2.45) is 7.05 Å². The Morgan fingerprint density at radius 3 is 2.67 bits per heavy atom. The van der Waals surface area contributed by atoms with Crippen molar-refractivity contribution >= 4 is 21.6 Å². The predicted octanol–water partition coefficient (Wildman–Crippen LogP) is 0.940. The van der Waals surface area contributed by atoms with Gasteiger partial charge in [0, 0.05) is 29.5 Å². The molecule has 2 N–H and O–H groups in total. The van der Waals surface area contributed by atoms with Crippen LogP contribution >= 0.6 is 15.9 Å². The smallest absolute Gasteiger partial charge is 0.331 e. The topological polar surface area (TPSA) is 70.0 Å². The molecule has 18 heavy (non-hydrogen) atoms. The van der Waals surface area contributed by atoms with Gasteiger partial charge in [-0.15, -0.1) is 0 Å². The minimum Gasteiger partial charge on any atom is -0.398 e. The molecule has 94 valence electrons. The minimum atomic E-state index is -0.344. The quantitative estimate of drug-likeness (QED) is 0.839. The van der Waals surface area contributed by atoms with Crippen molar-refractivity contribution in [1.29, 1.82) is 0 Å². The zero-order valence-corrected chi connectivity index (χ0v) is 11.3. The first-order chi connectivity index (χ1) is 8.49. The number of aryl methyl sites for hydroxylation is 1. The Hall–Kier alpha value is -1.82. The fourth-order valence-electron chi connectivity index (χ4n) is 1.63. The number of halogens is 1. The van der Waals surface area contributed by atoms with E-state index < -0.39 is 0 Å². The van der Waals surface area contributed by atoms with Crippen LogP contribution in [-0.4, -0.2) is 9.13 Å². The molecule has 1 heterocycles. The fourth-order valence-corrected chi connectivity index (χ4v) is 1.88. The molecule has 0 saturated heterocycles. The maximum atomic E-state index is 11.8. The van der Waals surface area contributed by atoms with Crippen LogP contribution in [0.3, 0.4) is 0 Å². The van der Waals surface area contributed by atoms with Crippen LogP contribution in [0.15, 0.2) is 44.5 Å². The van der Waals surface area contributed by atoms with Gasteiger partial charge in [-0.1, -0.05) is 6.07 Å². The van der Waals surface area contributed by atoms with Gasteiger partial charge < -0.3 is 10.3 Å². The lowest BCUT2D eigenvalue weighted by Crippen LogP contribution is -2.38. The van der Waals surface area contributed by atoms with Gasteiger partial charge in [0.1, 0.15) is 0 Å². The summed E-state index contributed by atoms with van der Waals surface area (Å²) in [4.78, 5) is 23.5. The average Bonchev–Trinajstić information content (AvgIpc) is 2.34. The molecule has 0 fully saturated rings. The summed E-state index contributed by atoms with van der Waals surface area (Å²) in [6.45, 7) is 0.212. The first-order valence-corrected chi connectivity index (χ1v) is 6.08. The van der Waals surface area contributed by atoms with E-state index in [1.807, 2.05) is 6.07 Å². The zero-order chi connectivity index (χ0) is 13.3. The Bertz CT molecular complexity index is 703. The van der Waals surface area contributed by atoms with Crippen LogP contribution in [0.5, 0.6) is 0 Å². The van der Waals surface area contributed by atoms with E-state index in [0.717, 1.165) is 10.0 Å².